The summed E-state index contributed by atoms with van der Waals surface area (Å²) in [4.78, 5) is 35.4. The lowest BCUT2D eigenvalue weighted by molar-refractivity contribution is 1.09. The van der Waals surface area contributed by atoms with Gasteiger partial charge in [-0.1, -0.05) is 0 Å². The summed E-state index contributed by atoms with van der Waals surface area (Å²) in [5, 5.41) is 0. The molecule has 0 radical (unpaired) electrons. The zero-order valence-corrected chi connectivity index (χ0v) is 7.39. The van der Waals surface area contributed by atoms with E-state index in [0.29, 0.717) is 16.9 Å². The number of fused-ring (bicyclic) bond motifs is 3. The first kappa shape index (κ1) is 7.92. The molecule has 0 unspecified atom stereocenters. The second-order valence-electron chi connectivity index (χ2n) is 3.01. The molecule has 3 aromatic heterocycles. The van der Waals surface area contributed by atoms with Crippen LogP contribution in [0.25, 0.3) is 16.9 Å². The number of hydrogen-bond donors (Lipinski definition) is 2. The summed E-state index contributed by atoms with van der Waals surface area (Å²) in [6.45, 7) is 0. The van der Waals surface area contributed by atoms with Crippen molar-refractivity contribution < 1.29 is 0 Å². The van der Waals surface area contributed by atoms with Gasteiger partial charge in [-0.05, 0) is 0 Å². The first-order valence-corrected chi connectivity index (χ1v) is 4.20. The number of nitrogens with one attached hydrogen (secondary N) is 2. The molecule has 0 aliphatic rings. The van der Waals surface area contributed by atoms with E-state index in [2.05, 4.69) is 19.9 Å². The zero-order valence-electron chi connectivity index (χ0n) is 7.39. The Labute approximate surface area is 81.4 Å². The van der Waals surface area contributed by atoms with Crippen LogP contribution in [0.3, 0.4) is 0 Å². The minimum atomic E-state index is -0.292. The molecular formula is C8H5N5O2. The summed E-state index contributed by atoms with van der Waals surface area (Å²) >= 11 is 0. The van der Waals surface area contributed by atoms with Crippen LogP contribution in [-0.4, -0.2) is 24.3 Å². The molecule has 3 heterocycles. The van der Waals surface area contributed by atoms with Crippen molar-refractivity contribution in [2.75, 3.05) is 0 Å². The summed E-state index contributed by atoms with van der Waals surface area (Å²) in [7, 11) is 0. The maximum atomic E-state index is 11.5. The largest absolute Gasteiger partial charge is 0.311 e. The van der Waals surface area contributed by atoms with Crippen LogP contribution in [0.4, 0.5) is 0 Å². The van der Waals surface area contributed by atoms with Gasteiger partial charge in [0, 0.05) is 12.3 Å². The number of rotatable bonds is 0. The van der Waals surface area contributed by atoms with Crippen LogP contribution in [0.5, 0.6) is 0 Å². The zero-order chi connectivity index (χ0) is 10.4. The van der Waals surface area contributed by atoms with Crippen molar-refractivity contribution in [3.63, 3.8) is 0 Å². The Hall–Kier alpha value is -2.44. The molecule has 2 N–H and O–H groups in total. The highest BCUT2D eigenvalue weighted by atomic mass is 16.1. The van der Waals surface area contributed by atoms with Crippen LogP contribution in [-0.2, 0) is 0 Å². The van der Waals surface area contributed by atoms with Gasteiger partial charge in [-0.25, -0.2) is 4.98 Å². The van der Waals surface area contributed by atoms with Crippen molar-refractivity contribution in [1.29, 1.82) is 0 Å². The van der Waals surface area contributed by atoms with Gasteiger partial charge >= 0.3 is 0 Å². The van der Waals surface area contributed by atoms with Crippen LogP contribution in [0.15, 0.2) is 28.2 Å². The molecule has 7 heteroatoms. The fraction of sp³-hybridized carbons (Fsp3) is 0. The normalized spacial score (nSPS) is 11.2. The topological polar surface area (TPSA) is 95.9 Å². The molecule has 0 saturated heterocycles. The Kier molecular flexibility index (Phi) is 1.34. The Balaban J connectivity index is 2.71. The molecule has 7 nitrogen and oxygen atoms in total. The van der Waals surface area contributed by atoms with Crippen LogP contribution in [0.2, 0.25) is 0 Å². The average molecular weight is 203 g/mol. The van der Waals surface area contributed by atoms with Crippen LogP contribution >= 0.6 is 0 Å². The lowest BCUT2D eigenvalue weighted by Crippen LogP contribution is -2.10. The molecule has 15 heavy (non-hydrogen) atoms. The van der Waals surface area contributed by atoms with Gasteiger partial charge in [-0.3, -0.25) is 19.0 Å². The van der Waals surface area contributed by atoms with Gasteiger partial charge < -0.3 is 4.98 Å². The third-order valence-electron chi connectivity index (χ3n) is 2.10. The molecule has 74 valence electrons. The molecule has 3 aromatic rings. The van der Waals surface area contributed by atoms with E-state index in [9.17, 15) is 9.59 Å². The maximum Gasteiger partial charge on any atom is 0.277 e. The van der Waals surface area contributed by atoms with Crippen LogP contribution in [0.1, 0.15) is 0 Å². The predicted octanol–water partition coefficient (Wildman–Crippen LogP) is -0.741. The summed E-state index contributed by atoms with van der Waals surface area (Å²) < 4.78 is 1.49. The highest BCUT2D eigenvalue weighted by Gasteiger charge is 2.08. The van der Waals surface area contributed by atoms with Crippen LogP contribution in [0, 0.1) is 0 Å². The second-order valence-corrected chi connectivity index (χ2v) is 3.01. The monoisotopic (exact) mass is 203 g/mol. The fourth-order valence-corrected chi connectivity index (χ4v) is 1.47. The van der Waals surface area contributed by atoms with Crippen molar-refractivity contribution in [3.8, 4) is 0 Å². The van der Waals surface area contributed by atoms with Gasteiger partial charge in [0.2, 0.25) is 5.78 Å². The van der Waals surface area contributed by atoms with E-state index in [1.807, 2.05) is 0 Å². The van der Waals surface area contributed by atoms with E-state index in [1.165, 1.54) is 23.0 Å². The van der Waals surface area contributed by atoms with Gasteiger partial charge in [0.15, 0.2) is 11.2 Å². The first-order valence-electron chi connectivity index (χ1n) is 4.20. The predicted molar refractivity (Wildman–Crippen MR) is 51.7 cm³/mol. The molecule has 0 spiro atoms. The summed E-state index contributed by atoms with van der Waals surface area (Å²) in [6, 6.07) is 1.32. The van der Waals surface area contributed by atoms with E-state index in [0.717, 1.165) is 0 Å². The van der Waals surface area contributed by atoms with E-state index < -0.39 is 0 Å². The number of aromatic nitrogens is 5. The van der Waals surface area contributed by atoms with Gasteiger partial charge in [0.1, 0.15) is 0 Å². The van der Waals surface area contributed by atoms with Crippen molar-refractivity contribution in [2.24, 2.45) is 0 Å². The van der Waals surface area contributed by atoms with Crippen molar-refractivity contribution in [1.82, 2.24) is 24.3 Å². The third-order valence-corrected chi connectivity index (χ3v) is 2.10. The number of hydrogen-bond acceptors (Lipinski definition) is 4. The standard InChI is InChI=1S/C8H5N5O2/c14-4-1-2-13-5-6(12-8(13)11-4)9-3-10-7(5)15/h1-3H,(H2,9,10,11,12,14,15). The maximum absolute atomic E-state index is 11.5. The summed E-state index contributed by atoms with van der Waals surface area (Å²) in [6.07, 6.45) is 2.76. The van der Waals surface area contributed by atoms with E-state index in [-0.39, 0.29) is 11.1 Å². The molecule has 0 fully saturated rings. The van der Waals surface area contributed by atoms with Crippen molar-refractivity contribution in [3.05, 3.63) is 39.3 Å². The molecule has 0 bridgehead atoms. The van der Waals surface area contributed by atoms with Gasteiger partial charge in [-0.15, -0.1) is 0 Å². The molecule has 0 atom stereocenters. The molecule has 0 aliphatic heterocycles. The number of nitrogens with zero attached hydrogens (tertiary/aromatic N) is 3. The lowest BCUT2D eigenvalue weighted by Gasteiger charge is -1.90. The Morgan fingerprint density at radius 2 is 2.20 bits per heavy atom. The highest BCUT2D eigenvalue weighted by molar-refractivity contribution is 5.73. The molecular weight excluding hydrogens is 198 g/mol. The van der Waals surface area contributed by atoms with Crippen LogP contribution < -0.4 is 11.1 Å². The molecule has 0 amide bonds. The minimum Gasteiger partial charge on any atom is -0.311 e. The Bertz CT molecular complexity index is 766. The second kappa shape index (κ2) is 2.53. The SMILES string of the molecule is O=c1ccn2c(nc3nc[nH]c(=O)c32)[nH]1. The van der Waals surface area contributed by atoms with Crippen molar-refractivity contribution >= 4 is 16.9 Å². The average Bonchev–Trinajstić information content (AvgIpc) is 2.56. The smallest absolute Gasteiger partial charge is 0.277 e. The summed E-state index contributed by atoms with van der Waals surface area (Å²) in [5.41, 5.74) is 0.0677. The molecule has 0 aliphatic carbocycles. The highest BCUT2D eigenvalue weighted by Crippen LogP contribution is 2.05. The fourth-order valence-electron chi connectivity index (χ4n) is 1.47. The van der Waals surface area contributed by atoms with Gasteiger partial charge in [0.05, 0.1) is 6.33 Å². The lowest BCUT2D eigenvalue weighted by atomic mass is 10.5. The molecule has 0 aromatic carbocycles. The minimum absolute atomic E-state index is 0.269. The number of aromatic amines is 2. The third kappa shape index (κ3) is 0.997. The first-order chi connectivity index (χ1) is 7.25. The molecule has 0 saturated carbocycles. The summed E-state index contributed by atoms with van der Waals surface area (Å²) in [5.74, 6) is 0.307. The Morgan fingerprint density at radius 1 is 1.33 bits per heavy atom. The van der Waals surface area contributed by atoms with Crippen molar-refractivity contribution in [2.45, 2.75) is 0 Å². The van der Waals surface area contributed by atoms with E-state index >= 15 is 0 Å². The number of imidazole rings is 1. The Morgan fingerprint density at radius 3 is 3.07 bits per heavy atom. The van der Waals surface area contributed by atoms with E-state index in [4.69, 9.17) is 0 Å². The number of H-pyrrole nitrogens is 2. The van der Waals surface area contributed by atoms with Gasteiger partial charge in [-0.2, -0.15) is 4.98 Å². The van der Waals surface area contributed by atoms with Gasteiger partial charge in [0.25, 0.3) is 11.1 Å². The van der Waals surface area contributed by atoms with E-state index in [1.54, 1.807) is 0 Å². The molecule has 3 rings (SSSR count). The quantitative estimate of drug-likeness (QED) is 0.503.